The van der Waals surface area contributed by atoms with Gasteiger partial charge in [-0.2, -0.15) is 9.40 Å². The number of nitrogens with one attached hydrogen (secondary N) is 1. The van der Waals surface area contributed by atoms with Gasteiger partial charge in [-0.05, 0) is 30.3 Å². The number of carbonyl (C=O) groups is 1. The summed E-state index contributed by atoms with van der Waals surface area (Å²) in [6, 6.07) is 13.8. The van der Waals surface area contributed by atoms with E-state index in [9.17, 15) is 13.2 Å². The van der Waals surface area contributed by atoms with E-state index in [0.29, 0.717) is 13.1 Å². The Morgan fingerprint density at radius 2 is 1.83 bits per heavy atom. The van der Waals surface area contributed by atoms with E-state index in [1.54, 1.807) is 24.7 Å². The van der Waals surface area contributed by atoms with Gasteiger partial charge < -0.3 is 5.32 Å². The van der Waals surface area contributed by atoms with Crippen LogP contribution in [0, 0.1) is 0 Å². The minimum Gasteiger partial charge on any atom is -0.348 e. The molecule has 0 unspecified atom stereocenters. The molecule has 0 aliphatic carbocycles. The number of rotatable bonds is 8. The average molecular weight is 447 g/mol. The molecule has 0 spiro atoms. The van der Waals surface area contributed by atoms with Gasteiger partial charge in [0, 0.05) is 31.4 Å². The van der Waals surface area contributed by atoms with Crippen molar-refractivity contribution >= 4 is 27.5 Å². The van der Waals surface area contributed by atoms with Crippen LogP contribution in [0.25, 0.3) is 5.69 Å². The standard InChI is InChI=1S/C21H23ClN4O3S/c1-3-25(4-2)30(28,29)18-10-11-20(22)19(12-18)21(27)23-13-16-14-24-26(15-16)17-8-6-5-7-9-17/h5-12,14-15H,3-4,13H2,1-2H3,(H,23,27). The molecule has 0 aliphatic rings. The molecule has 1 N–H and O–H groups in total. The minimum absolute atomic E-state index is 0.0395. The number of hydrogen-bond acceptors (Lipinski definition) is 4. The molecule has 1 heterocycles. The molecular weight excluding hydrogens is 424 g/mol. The van der Waals surface area contributed by atoms with Gasteiger partial charge in [0.15, 0.2) is 0 Å². The first kappa shape index (κ1) is 22.0. The number of halogens is 1. The smallest absolute Gasteiger partial charge is 0.253 e. The zero-order valence-electron chi connectivity index (χ0n) is 16.7. The van der Waals surface area contributed by atoms with Gasteiger partial charge in [-0.3, -0.25) is 4.79 Å². The van der Waals surface area contributed by atoms with Gasteiger partial charge in [-0.15, -0.1) is 0 Å². The maximum atomic E-state index is 12.7. The Morgan fingerprint density at radius 3 is 2.50 bits per heavy atom. The molecule has 0 fully saturated rings. The molecule has 1 amide bonds. The van der Waals surface area contributed by atoms with Crippen molar-refractivity contribution in [3.8, 4) is 5.69 Å². The Kier molecular flexibility index (Phi) is 6.91. The molecule has 3 aromatic rings. The number of para-hydroxylation sites is 1. The van der Waals surface area contributed by atoms with Gasteiger partial charge in [-0.25, -0.2) is 13.1 Å². The van der Waals surface area contributed by atoms with Crippen LogP contribution in [0.5, 0.6) is 0 Å². The molecule has 0 radical (unpaired) electrons. The molecule has 0 aliphatic heterocycles. The SMILES string of the molecule is CCN(CC)S(=O)(=O)c1ccc(Cl)c(C(=O)NCc2cnn(-c3ccccc3)c2)c1. The molecule has 3 rings (SSSR count). The Morgan fingerprint density at radius 1 is 1.13 bits per heavy atom. The van der Waals surface area contributed by atoms with Crippen molar-refractivity contribution in [3.05, 3.63) is 77.1 Å². The van der Waals surface area contributed by atoms with Gasteiger partial charge in [0.1, 0.15) is 0 Å². The first-order valence-corrected chi connectivity index (χ1v) is 11.4. The summed E-state index contributed by atoms with van der Waals surface area (Å²) in [7, 11) is -3.69. The summed E-state index contributed by atoms with van der Waals surface area (Å²) in [4.78, 5) is 12.7. The highest BCUT2D eigenvalue weighted by Crippen LogP contribution is 2.23. The second kappa shape index (κ2) is 9.42. The lowest BCUT2D eigenvalue weighted by atomic mass is 10.2. The molecule has 1 aromatic heterocycles. The molecule has 0 saturated heterocycles. The molecule has 2 aromatic carbocycles. The number of hydrogen-bond donors (Lipinski definition) is 1. The third-order valence-electron chi connectivity index (χ3n) is 4.64. The molecule has 0 bridgehead atoms. The van der Waals surface area contributed by atoms with E-state index in [2.05, 4.69) is 10.4 Å². The largest absolute Gasteiger partial charge is 0.348 e. The van der Waals surface area contributed by atoms with E-state index in [4.69, 9.17) is 11.6 Å². The van der Waals surface area contributed by atoms with E-state index in [1.807, 2.05) is 36.5 Å². The van der Waals surface area contributed by atoms with Crippen LogP contribution in [0.2, 0.25) is 5.02 Å². The van der Waals surface area contributed by atoms with E-state index in [0.717, 1.165) is 11.3 Å². The van der Waals surface area contributed by atoms with Crippen molar-refractivity contribution < 1.29 is 13.2 Å². The number of sulfonamides is 1. The quantitative estimate of drug-likeness (QED) is 0.574. The van der Waals surface area contributed by atoms with E-state index < -0.39 is 15.9 Å². The van der Waals surface area contributed by atoms with Crippen molar-refractivity contribution in [1.82, 2.24) is 19.4 Å². The number of aromatic nitrogens is 2. The van der Waals surface area contributed by atoms with Crippen molar-refractivity contribution in [2.45, 2.75) is 25.3 Å². The van der Waals surface area contributed by atoms with Crippen LogP contribution in [0.1, 0.15) is 29.8 Å². The lowest BCUT2D eigenvalue weighted by Gasteiger charge is -2.19. The molecule has 158 valence electrons. The Balaban J connectivity index is 1.75. The van der Waals surface area contributed by atoms with Gasteiger partial charge in [0.25, 0.3) is 5.91 Å². The maximum absolute atomic E-state index is 12.7. The highest BCUT2D eigenvalue weighted by Gasteiger charge is 2.23. The van der Waals surface area contributed by atoms with Crippen molar-refractivity contribution in [2.75, 3.05) is 13.1 Å². The van der Waals surface area contributed by atoms with E-state index in [1.165, 1.54) is 22.5 Å². The predicted octanol–water partition coefficient (Wildman–Crippen LogP) is 3.49. The average Bonchev–Trinajstić information content (AvgIpc) is 3.22. The van der Waals surface area contributed by atoms with Gasteiger partial charge in [-0.1, -0.05) is 43.6 Å². The monoisotopic (exact) mass is 446 g/mol. The molecular formula is C21H23ClN4O3S. The Bertz CT molecular complexity index is 1130. The lowest BCUT2D eigenvalue weighted by Crippen LogP contribution is -2.31. The molecule has 0 atom stereocenters. The Hall–Kier alpha value is -2.68. The van der Waals surface area contributed by atoms with Crippen LogP contribution in [0.15, 0.2) is 65.8 Å². The fourth-order valence-corrected chi connectivity index (χ4v) is 4.69. The normalized spacial score (nSPS) is 11.6. The lowest BCUT2D eigenvalue weighted by molar-refractivity contribution is 0.0951. The van der Waals surface area contributed by atoms with Crippen LogP contribution in [-0.4, -0.2) is 41.5 Å². The number of nitrogens with zero attached hydrogens (tertiary/aromatic N) is 3. The second-order valence-corrected chi connectivity index (χ2v) is 8.89. The third kappa shape index (κ3) is 4.72. The van der Waals surface area contributed by atoms with Crippen LogP contribution in [-0.2, 0) is 16.6 Å². The Labute approximate surface area is 181 Å². The summed E-state index contributed by atoms with van der Waals surface area (Å²) in [6.45, 7) is 4.44. The summed E-state index contributed by atoms with van der Waals surface area (Å²) in [5.41, 5.74) is 1.82. The summed E-state index contributed by atoms with van der Waals surface area (Å²) < 4.78 is 28.5. The fourth-order valence-electron chi connectivity index (χ4n) is 3.00. The summed E-state index contributed by atoms with van der Waals surface area (Å²) >= 11 is 6.17. The number of benzene rings is 2. The number of amides is 1. The first-order valence-electron chi connectivity index (χ1n) is 9.53. The summed E-state index contributed by atoms with van der Waals surface area (Å²) in [5.74, 6) is -0.455. The van der Waals surface area contributed by atoms with Gasteiger partial charge in [0.05, 0.1) is 27.4 Å². The summed E-state index contributed by atoms with van der Waals surface area (Å²) in [5, 5.41) is 7.25. The van der Waals surface area contributed by atoms with Crippen molar-refractivity contribution in [1.29, 1.82) is 0 Å². The third-order valence-corrected chi connectivity index (χ3v) is 7.01. The van der Waals surface area contributed by atoms with Crippen LogP contribution in [0.4, 0.5) is 0 Å². The molecule has 9 heteroatoms. The van der Waals surface area contributed by atoms with Crippen LogP contribution >= 0.6 is 11.6 Å². The summed E-state index contributed by atoms with van der Waals surface area (Å²) in [6.07, 6.45) is 3.48. The van der Waals surface area contributed by atoms with E-state index in [-0.39, 0.29) is 22.0 Å². The second-order valence-electron chi connectivity index (χ2n) is 6.54. The molecule has 0 saturated carbocycles. The highest BCUT2D eigenvalue weighted by atomic mass is 35.5. The minimum atomic E-state index is -3.69. The molecule has 30 heavy (non-hydrogen) atoms. The van der Waals surface area contributed by atoms with Crippen molar-refractivity contribution in [2.24, 2.45) is 0 Å². The zero-order chi connectivity index (χ0) is 21.7. The van der Waals surface area contributed by atoms with Gasteiger partial charge in [0.2, 0.25) is 10.0 Å². The predicted molar refractivity (Wildman–Crippen MR) is 116 cm³/mol. The van der Waals surface area contributed by atoms with Crippen LogP contribution in [0.3, 0.4) is 0 Å². The zero-order valence-corrected chi connectivity index (χ0v) is 18.3. The topological polar surface area (TPSA) is 84.3 Å². The number of carbonyl (C=O) groups excluding carboxylic acids is 1. The van der Waals surface area contributed by atoms with Gasteiger partial charge >= 0.3 is 0 Å². The fraction of sp³-hybridized carbons (Fsp3) is 0.238. The first-order chi connectivity index (χ1) is 14.4. The van der Waals surface area contributed by atoms with E-state index >= 15 is 0 Å². The highest BCUT2D eigenvalue weighted by molar-refractivity contribution is 7.89. The van der Waals surface area contributed by atoms with Crippen molar-refractivity contribution in [3.63, 3.8) is 0 Å². The maximum Gasteiger partial charge on any atom is 0.253 e. The van der Waals surface area contributed by atoms with Crippen LogP contribution < -0.4 is 5.32 Å². The molecule has 7 nitrogen and oxygen atoms in total.